The average Bonchev–Trinajstić information content (AvgIpc) is 2.31. The summed E-state index contributed by atoms with van der Waals surface area (Å²) in [6.45, 7) is 0. The molecule has 1 aliphatic rings. The number of rotatable bonds is 2. The SMILES string of the molecule is N#CN=C1C=C(CCl)C(=NC#N)C=C1CCl. The van der Waals surface area contributed by atoms with Gasteiger partial charge in [-0.3, -0.25) is 0 Å². The first-order chi connectivity index (χ1) is 7.76. The highest BCUT2D eigenvalue weighted by Gasteiger charge is 2.16. The van der Waals surface area contributed by atoms with Crippen LogP contribution in [0.3, 0.4) is 0 Å². The molecule has 80 valence electrons. The molecule has 0 saturated carbocycles. The fourth-order valence-electron chi connectivity index (χ4n) is 1.19. The Kier molecular flexibility index (Phi) is 4.72. The van der Waals surface area contributed by atoms with E-state index < -0.39 is 0 Å². The molecule has 0 heterocycles. The molecular formula is C10H6Cl2N4. The van der Waals surface area contributed by atoms with Crippen molar-refractivity contribution >= 4 is 34.6 Å². The van der Waals surface area contributed by atoms with E-state index in [9.17, 15) is 0 Å². The maximum Gasteiger partial charge on any atom is 0.206 e. The topological polar surface area (TPSA) is 72.3 Å². The van der Waals surface area contributed by atoms with Crippen LogP contribution in [0.5, 0.6) is 0 Å². The largest absolute Gasteiger partial charge is 0.206 e. The van der Waals surface area contributed by atoms with Crippen LogP contribution in [0.4, 0.5) is 0 Å². The first-order valence-corrected chi connectivity index (χ1v) is 5.31. The molecule has 0 N–H and O–H groups in total. The lowest BCUT2D eigenvalue weighted by Gasteiger charge is -2.12. The van der Waals surface area contributed by atoms with Gasteiger partial charge in [-0.05, 0) is 23.3 Å². The van der Waals surface area contributed by atoms with Crippen molar-refractivity contribution in [2.75, 3.05) is 11.8 Å². The second-order valence-corrected chi connectivity index (χ2v) is 3.34. The highest BCUT2D eigenvalue weighted by atomic mass is 35.5. The smallest absolute Gasteiger partial charge is 0.173 e. The van der Waals surface area contributed by atoms with Crippen molar-refractivity contribution in [3.63, 3.8) is 0 Å². The maximum atomic E-state index is 8.51. The van der Waals surface area contributed by atoms with Crippen LogP contribution in [0.1, 0.15) is 0 Å². The van der Waals surface area contributed by atoms with Crippen LogP contribution in [-0.2, 0) is 0 Å². The molecule has 1 aliphatic carbocycles. The number of hydrogen-bond acceptors (Lipinski definition) is 4. The average molecular weight is 253 g/mol. The number of halogens is 2. The summed E-state index contributed by atoms with van der Waals surface area (Å²) in [4.78, 5) is 7.25. The molecule has 16 heavy (non-hydrogen) atoms. The zero-order chi connectivity index (χ0) is 12.0. The van der Waals surface area contributed by atoms with E-state index in [1.54, 1.807) is 24.5 Å². The van der Waals surface area contributed by atoms with Gasteiger partial charge in [-0.2, -0.15) is 20.5 Å². The molecular weight excluding hydrogens is 247 g/mol. The van der Waals surface area contributed by atoms with Crippen LogP contribution >= 0.6 is 23.2 Å². The Morgan fingerprint density at radius 2 is 1.31 bits per heavy atom. The van der Waals surface area contributed by atoms with Crippen molar-refractivity contribution in [1.29, 1.82) is 10.5 Å². The van der Waals surface area contributed by atoms with Gasteiger partial charge in [-0.15, -0.1) is 23.2 Å². The number of alkyl halides is 2. The Balaban J connectivity index is 3.25. The maximum absolute atomic E-state index is 8.51. The number of hydrogen-bond donors (Lipinski definition) is 0. The third-order valence-electron chi connectivity index (χ3n) is 1.91. The van der Waals surface area contributed by atoms with E-state index in [0.717, 1.165) is 0 Å². The van der Waals surface area contributed by atoms with Crippen molar-refractivity contribution in [2.45, 2.75) is 0 Å². The number of nitrogens with zero attached hydrogens (tertiary/aromatic N) is 4. The third-order valence-corrected chi connectivity index (χ3v) is 2.48. The van der Waals surface area contributed by atoms with Crippen molar-refractivity contribution < 1.29 is 0 Å². The van der Waals surface area contributed by atoms with Crippen LogP contribution in [0.2, 0.25) is 0 Å². The van der Waals surface area contributed by atoms with Crippen LogP contribution < -0.4 is 0 Å². The van der Waals surface area contributed by atoms with Crippen molar-refractivity contribution in [3.8, 4) is 12.4 Å². The molecule has 0 spiro atoms. The predicted octanol–water partition coefficient (Wildman–Crippen LogP) is 2.17. The Hall–Kier alpha value is -1.62. The fourth-order valence-corrected chi connectivity index (χ4v) is 1.62. The molecule has 1 rings (SSSR count). The Morgan fingerprint density at radius 3 is 1.56 bits per heavy atom. The molecule has 0 saturated heterocycles. The molecule has 0 aliphatic heterocycles. The quantitative estimate of drug-likeness (QED) is 0.429. The minimum absolute atomic E-state index is 0.191. The second kappa shape index (κ2) is 6.07. The van der Waals surface area contributed by atoms with Gasteiger partial charge in [0.15, 0.2) is 0 Å². The summed E-state index contributed by atoms with van der Waals surface area (Å²) in [6, 6.07) is 0. The van der Waals surface area contributed by atoms with Gasteiger partial charge in [0.05, 0.1) is 11.4 Å². The van der Waals surface area contributed by atoms with E-state index in [2.05, 4.69) is 9.98 Å². The monoisotopic (exact) mass is 252 g/mol. The second-order valence-electron chi connectivity index (χ2n) is 2.80. The van der Waals surface area contributed by atoms with Gasteiger partial charge in [-0.1, -0.05) is 0 Å². The van der Waals surface area contributed by atoms with Crippen molar-refractivity contribution in [1.82, 2.24) is 0 Å². The van der Waals surface area contributed by atoms with Crippen LogP contribution in [0.25, 0.3) is 0 Å². The third kappa shape index (κ3) is 2.70. The lowest BCUT2D eigenvalue weighted by atomic mass is 9.97. The number of allylic oxidation sites excluding steroid dienone is 4. The molecule has 0 atom stereocenters. The van der Waals surface area contributed by atoms with Gasteiger partial charge < -0.3 is 0 Å². The van der Waals surface area contributed by atoms with Crippen LogP contribution in [-0.4, -0.2) is 23.2 Å². The van der Waals surface area contributed by atoms with Gasteiger partial charge in [-0.25, -0.2) is 0 Å². The molecule has 0 aromatic carbocycles. The first-order valence-electron chi connectivity index (χ1n) is 4.24. The lowest BCUT2D eigenvalue weighted by Crippen LogP contribution is -2.15. The van der Waals surface area contributed by atoms with Gasteiger partial charge in [0, 0.05) is 11.8 Å². The summed E-state index contributed by atoms with van der Waals surface area (Å²) in [7, 11) is 0. The van der Waals surface area contributed by atoms with Crippen molar-refractivity contribution in [3.05, 3.63) is 23.3 Å². The molecule has 0 unspecified atom stereocenters. The minimum atomic E-state index is 0.191. The van der Waals surface area contributed by atoms with E-state index in [-0.39, 0.29) is 11.8 Å². The standard InChI is InChI=1S/C10H6Cl2N4/c11-3-7-1-9(15-5-13)8(4-12)2-10(7)16-6-14/h1-2H,3-4H2. The number of nitriles is 2. The normalized spacial score (nSPS) is 20.0. The minimum Gasteiger partial charge on any atom is -0.173 e. The summed E-state index contributed by atoms with van der Waals surface area (Å²) in [6.07, 6.45) is 6.61. The zero-order valence-electron chi connectivity index (χ0n) is 8.11. The molecule has 0 bridgehead atoms. The molecule has 0 fully saturated rings. The summed E-state index contributed by atoms with van der Waals surface area (Å²) in [5.74, 6) is 0.383. The Labute approximate surface area is 103 Å². The van der Waals surface area contributed by atoms with E-state index in [4.69, 9.17) is 33.7 Å². The zero-order valence-corrected chi connectivity index (χ0v) is 9.63. The summed E-state index contributed by atoms with van der Waals surface area (Å²) in [5, 5.41) is 17.0. The van der Waals surface area contributed by atoms with E-state index in [1.807, 2.05) is 0 Å². The van der Waals surface area contributed by atoms with Gasteiger partial charge in [0.25, 0.3) is 0 Å². The summed E-state index contributed by atoms with van der Waals surface area (Å²) < 4.78 is 0. The number of aliphatic imine (C=N–C) groups is 2. The summed E-state index contributed by atoms with van der Waals surface area (Å²) in [5.41, 5.74) is 2.22. The van der Waals surface area contributed by atoms with Crippen molar-refractivity contribution in [2.24, 2.45) is 9.98 Å². The van der Waals surface area contributed by atoms with E-state index in [0.29, 0.717) is 22.6 Å². The van der Waals surface area contributed by atoms with Crippen LogP contribution in [0.15, 0.2) is 33.3 Å². The molecule has 6 heteroatoms. The van der Waals surface area contributed by atoms with E-state index >= 15 is 0 Å². The van der Waals surface area contributed by atoms with Gasteiger partial charge in [0.1, 0.15) is 0 Å². The van der Waals surface area contributed by atoms with Gasteiger partial charge >= 0.3 is 0 Å². The molecule has 4 nitrogen and oxygen atoms in total. The molecule has 0 aromatic heterocycles. The van der Waals surface area contributed by atoms with Crippen LogP contribution in [0, 0.1) is 22.9 Å². The summed E-state index contributed by atoms with van der Waals surface area (Å²) >= 11 is 11.4. The highest BCUT2D eigenvalue weighted by molar-refractivity contribution is 6.33. The Morgan fingerprint density at radius 1 is 0.938 bits per heavy atom. The van der Waals surface area contributed by atoms with E-state index in [1.165, 1.54) is 0 Å². The highest BCUT2D eigenvalue weighted by Crippen LogP contribution is 2.16. The lowest BCUT2D eigenvalue weighted by molar-refractivity contribution is 1.39. The molecule has 0 aromatic rings. The molecule has 0 amide bonds. The van der Waals surface area contributed by atoms with Gasteiger partial charge in [0.2, 0.25) is 12.4 Å². The molecule has 0 radical (unpaired) electrons. The predicted molar refractivity (Wildman–Crippen MR) is 63.7 cm³/mol. The fraction of sp³-hybridized carbons (Fsp3) is 0.200. The Bertz CT molecular complexity index is 440. The first kappa shape index (κ1) is 12.4.